The van der Waals surface area contributed by atoms with Crippen molar-refractivity contribution in [2.75, 3.05) is 0 Å². The van der Waals surface area contributed by atoms with Gasteiger partial charge in [-0.05, 0) is 42.5 Å². The number of nitrogens with one attached hydrogen (secondary N) is 1. The van der Waals surface area contributed by atoms with Crippen molar-refractivity contribution < 1.29 is 4.79 Å². The topological polar surface area (TPSA) is 29.1 Å². The lowest BCUT2D eigenvalue weighted by Gasteiger charge is -2.33. The highest BCUT2D eigenvalue weighted by Crippen LogP contribution is 2.36. The molecule has 0 radical (unpaired) electrons. The summed E-state index contributed by atoms with van der Waals surface area (Å²) >= 11 is 0. The fourth-order valence-electron chi connectivity index (χ4n) is 3.07. The van der Waals surface area contributed by atoms with Gasteiger partial charge >= 0.3 is 0 Å². The van der Waals surface area contributed by atoms with E-state index in [0.29, 0.717) is 6.42 Å². The van der Waals surface area contributed by atoms with E-state index in [1.165, 1.54) is 22.3 Å². The summed E-state index contributed by atoms with van der Waals surface area (Å²) in [6, 6.07) is 14.5. The maximum absolute atomic E-state index is 12.1. The van der Waals surface area contributed by atoms with Gasteiger partial charge in [-0.2, -0.15) is 0 Å². The van der Waals surface area contributed by atoms with Gasteiger partial charge in [0, 0.05) is 0 Å². The van der Waals surface area contributed by atoms with Gasteiger partial charge < -0.3 is 5.32 Å². The molecule has 1 N–H and O–H groups in total. The van der Waals surface area contributed by atoms with Crippen LogP contribution in [0.4, 0.5) is 0 Å². The zero-order valence-corrected chi connectivity index (χ0v) is 11.9. The van der Waals surface area contributed by atoms with Crippen LogP contribution >= 0.6 is 0 Å². The van der Waals surface area contributed by atoms with Gasteiger partial charge in [-0.25, -0.2) is 0 Å². The molecule has 2 nitrogen and oxygen atoms in total. The van der Waals surface area contributed by atoms with E-state index in [-0.39, 0.29) is 11.9 Å². The minimum absolute atomic E-state index is 0.104. The second-order valence-electron chi connectivity index (χ2n) is 5.64. The predicted molar refractivity (Wildman–Crippen MR) is 80.6 cm³/mol. The SMILES string of the molecule is Cc1cc(C)c2c(c1)C[C@H]2NC(=O)Cc1ccccc1. The molecule has 2 heteroatoms. The third kappa shape index (κ3) is 2.46. The number of hydrogen-bond acceptors (Lipinski definition) is 1. The van der Waals surface area contributed by atoms with Gasteiger partial charge in [0.1, 0.15) is 0 Å². The van der Waals surface area contributed by atoms with E-state index in [4.69, 9.17) is 0 Å². The van der Waals surface area contributed by atoms with Crippen LogP contribution in [0.2, 0.25) is 0 Å². The zero-order valence-electron chi connectivity index (χ0n) is 11.9. The van der Waals surface area contributed by atoms with E-state index in [1.807, 2.05) is 30.3 Å². The van der Waals surface area contributed by atoms with Crippen molar-refractivity contribution in [1.82, 2.24) is 5.32 Å². The number of aryl methyl sites for hydroxylation is 2. The van der Waals surface area contributed by atoms with E-state index in [0.717, 1.165) is 12.0 Å². The van der Waals surface area contributed by atoms with Crippen molar-refractivity contribution in [2.45, 2.75) is 32.7 Å². The summed E-state index contributed by atoms with van der Waals surface area (Å²) in [7, 11) is 0. The van der Waals surface area contributed by atoms with Crippen LogP contribution in [0.25, 0.3) is 0 Å². The molecule has 1 aliphatic rings. The smallest absolute Gasteiger partial charge is 0.224 e. The molecule has 0 unspecified atom stereocenters. The maximum Gasteiger partial charge on any atom is 0.224 e. The van der Waals surface area contributed by atoms with E-state index >= 15 is 0 Å². The normalized spacial score (nSPS) is 16.2. The van der Waals surface area contributed by atoms with Gasteiger partial charge in [-0.15, -0.1) is 0 Å². The summed E-state index contributed by atoms with van der Waals surface area (Å²) < 4.78 is 0. The zero-order chi connectivity index (χ0) is 14.1. The van der Waals surface area contributed by atoms with Gasteiger partial charge in [0.05, 0.1) is 12.5 Å². The first-order chi connectivity index (χ1) is 9.63. The molecule has 0 aromatic heterocycles. The van der Waals surface area contributed by atoms with Crippen molar-refractivity contribution >= 4 is 5.91 Å². The summed E-state index contributed by atoms with van der Waals surface area (Å²) in [5.74, 6) is 0.104. The summed E-state index contributed by atoms with van der Waals surface area (Å²) in [5, 5.41) is 3.14. The van der Waals surface area contributed by atoms with Crippen molar-refractivity contribution in [3.05, 3.63) is 70.3 Å². The van der Waals surface area contributed by atoms with Gasteiger partial charge in [-0.3, -0.25) is 4.79 Å². The molecule has 3 rings (SSSR count). The van der Waals surface area contributed by atoms with Crippen molar-refractivity contribution in [2.24, 2.45) is 0 Å². The third-order valence-electron chi connectivity index (χ3n) is 3.93. The number of carbonyl (C=O) groups excluding carboxylic acids is 1. The molecule has 1 aliphatic carbocycles. The first-order valence-corrected chi connectivity index (χ1v) is 7.07. The van der Waals surface area contributed by atoms with Crippen LogP contribution in [0.1, 0.15) is 33.9 Å². The fraction of sp³-hybridized carbons (Fsp3) is 0.278. The molecule has 0 bridgehead atoms. The Bertz CT molecular complexity index is 629. The van der Waals surface area contributed by atoms with E-state index < -0.39 is 0 Å². The minimum atomic E-state index is 0.104. The largest absolute Gasteiger partial charge is 0.349 e. The molecule has 0 spiro atoms. The Morgan fingerprint density at radius 1 is 1.20 bits per heavy atom. The lowest BCUT2D eigenvalue weighted by Crippen LogP contribution is -2.37. The van der Waals surface area contributed by atoms with Crippen molar-refractivity contribution in [3.8, 4) is 0 Å². The molecule has 2 aromatic carbocycles. The van der Waals surface area contributed by atoms with Crippen LogP contribution < -0.4 is 5.32 Å². The summed E-state index contributed by atoms with van der Waals surface area (Å²) in [5.41, 5.74) is 6.35. The minimum Gasteiger partial charge on any atom is -0.349 e. The highest BCUT2D eigenvalue weighted by atomic mass is 16.1. The standard InChI is InChI=1S/C18H19NO/c1-12-8-13(2)18-15(9-12)11-16(18)19-17(20)10-14-6-4-3-5-7-14/h3-9,16H,10-11H2,1-2H3,(H,19,20)/t16-/m1/s1. The summed E-state index contributed by atoms with van der Waals surface area (Å²) in [6.07, 6.45) is 1.41. The van der Waals surface area contributed by atoms with Gasteiger partial charge in [0.2, 0.25) is 5.91 Å². The Morgan fingerprint density at radius 3 is 2.65 bits per heavy atom. The fourth-order valence-corrected chi connectivity index (χ4v) is 3.07. The van der Waals surface area contributed by atoms with Crippen LogP contribution in [-0.2, 0) is 17.6 Å². The Kier molecular flexibility index (Phi) is 3.31. The molecule has 102 valence electrons. The first-order valence-electron chi connectivity index (χ1n) is 7.07. The van der Waals surface area contributed by atoms with E-state index in [1.54, 1.807) is 0 Å². The lowest BCUT2D eigenvalue weighted by atomic mass is 9.79. The van der Waals surface area contributed by atoms with Crippen LogP contribution in [0.5, 0.6) is 0 Å². The Balaban J connectivity index is 1.67. The average Bonchev–Trinajstić information content (AvgIpc) is 2.36. The Morgan fingerprint density at radius 2 is 1.95 bits per heavy atom. The number of rotatable bonds is 3. The summed E-state index contributed by atoms with van der Waals surface area (Å²) in [6.45, 7) is 4.25. The number of fused-ring (bicyclic) bond motifs is 1. The van der Waals surface area contributed by atoms with E-state index in [9.17, 15) is 4.79 Å². The van der Waals surface area contributed by atoms with E-state index in [2.05, 4.69) is 31.3 Å². The van der Waals surface area contributed by atoms with Crippen molar-refractivity contribution in [3.63, 3.8) is 0 Å². The highest BCUT2D eigenvalue weighted by molar-refractivity contribution is 5.79. The Labute approximate surface area is 119 Å². The van der Waals surface area contributed by atoms with Crippen LogP contribution in [0.3, 0.4) is 0 Å². The number of amides is 1. The first kappa shape index (κ1) is 12.9. The molecular formula is C18H19NO. The molecule has 1 amide bonds. The molecule has 0 aliphatic heterocycles. The Hall–Kier alpha value is -2.09. The van der Waals surface area contributed by atoms with Crippen LogP contribution in [0, 0.1) is 13.8 Å². The van der Waals surface area contributed by atoms with Crippen LogP contribution in [0.15, 0.2) is 42.5 Å². The van der Waals surface area contributed by atoms with Gasteiger partial charge in [0.15, 0.2) is 0 Å². The monoisotopic (exact) mass is 265 g/mol. The highest BCUT2D eigenvalue weighted by Gasteiger charge is 2.29. The predicted octanol–water partition coefficient (Wildman–Crippen LogP) is 3.26. The molecule has 1 atom stereocenters. The number of carbonyl (C=O) groups is 1. The maximum atomic E-state index is 12.1. The molecular weight excluding hydrogens is 246 g/mol. The number of hydrogen-bond donors (Lipinski definition) is 1. The molecule has 0 saturated carbocycles. The number of benzene rings is 2. The van der Waals surface area contributed by atoms with Gasteiger partial charge in [0.25, 0.3) is 0 Å². The third-order valence-corrected chi connectivity index (χ3v) is 3.93. The second kappa shape index (κ2) is 5.12. The molecule has 0 saturated heterocycles. The molecule has 20 heavy (non-hydrogen) atoms. The molecule has 2 aromatic rings. The lowest BCUT2D eigenvalue weighted by molar-refractivity contribution is -0.121. The molecule has 0 fully saturated rings. The van der Waals surface area contributed by atoms with Gasteiger partial charge in [-0.1, -0.05) is 48.0 Å². The molecule has 0 heterocycles. The average molecular weight is 265 g/mol. The van der Waals surface area contributed by atoms with Crippen LogP contribution in [-0.4, -0.2) is 5.91 Å². The summed E-state index contributed by atoms with van der Waals surface area (Å²) in [4.78, 5) is 12.1. The second-order valence-corrected chi connectivity index (χ2v) is 5.64. The van der Waals surface area contributed by atoms with Crippen molar-refractivity contribution in [1.29, 1.82) is 0 Å². The quantitative estimate of drug-likeness (QED) is 0.906.